The van der Waals surface area contributed by atoms with Crippen molar-refractivity contribution in [1.29, 1.82) is 0 Å². The van der Waals surface area contributed by atoms with Gasteiger partial charge in [-0.1, -0.05) is 17.7 Å². The molecule has 17 heavy (non-hydrogen) atoms. The number of allylic oxidation sites excluding steroid dienone is 1. The van der Waals surface area contributed by atoms with Gasteiger partial charge in [-0.05, 0) is 32.4 Å². The predicted octanol–water partition coefficient (Wildman–Crippen LogP) is 2.58. The van der Waals surface area contributed by atoms with Crippen molar-refractivity contribution in [3.05, 3.63) is 35.4 Å². The fourth-order valence-corrected chi connectivity index (χ4v) is 1.57. The van der Waals surface area contributed by atoms with E-state index in [4.69, 9.17) is 14.6 Å². The third kappa shape index (κ3) is 3.79. The van der Waals surface area contributed by atoms with E-state index in [2.05, 4.69) is 0 Å². The smallest absolute Gasteiger partial charge is 0.126 e. The van der Waals surface area contributed by atoms with Gasteiger partial charge in [-0.2, -0.15) is 0 Å². The van der Waals surface area contributed by atoms with Crippen molar-refractivity contribution in [3.8, 4) is 11.5 Å². The molecule has 1 N–H and O–H groups in total. The van der Waals surface area contributed by atoms with Gasteiger partial charge in [0, 0.05) is 5.56 Å². The Bertz CT molecular complexity index is 383. The summed E-state index contributed by atoms with van der Waals surface area (Å²) >= 11 is 0. The van der Waals surface area contributed by atoms with Crippen molar-refractivity contribution in [2.75, 3.05) is 20.3 Å². The molecule has 0 aromatic heterocycles. The van der Waals surface area contributed by atoms with Crippen LogP contribution in [0.3, 0.4) is 0 Å². The maximum absolute atomic E-state index is 8.98. The van der Waals surface area contributed by atoms with E-state index in [-0.39, 0.29) is 6.61 Å². The summed E-state index contributed by atoms with van der Waals surface area (Å²) in [6.45, 7) is 4.57. The Morgan fingerprint density at radius 2 is 2.06 bits per heavy atom. The first-order valence-electron chi connectivity index (χ1n) is 5.78. The molecule has 1 rings (SSSR count). The molecule has 1 aromatic carbocycles. The Kier molecular flexibility index (Phi) is 5.57. The molecule has 3 heteroatoms. The number of hydrogen-bond donors (Lipinski definition) is 1. The fourth-order valence-electron chi connectivity index (χ4n) is 1.57. The van der Waals surface area contributed by atoms with Crippen LogP contribution in [0.2, 0.25) is 0 Å². The number of methoxy groups -OCH3 is 1. The van der Waals surface area contributed by atoms with Gasteiger partial charge in [0.2, 0.25) is 0 Å². The number of ether oxygens (including phenoxy) is 2. The van der Waals surface area contributed by atoms with Crippen LogP contribution < -0.4 is 9.47 Å². The second-order valence-electron chi connectivity index (χ2n) is 3.78. The first kappa shape index (κ1) is 13.6. The second-order valence-corrected chi connectivity index (χ2v) is 3.78. The van der Waals surface area contributed by atoms with Crippen LogP contribution >= 0.6 is 0 Å². The van der Waals surface area contributed by atoms with Gasteiger partial charge in [0.25, 0.3) is 0 Å². The number of hydrogen-bond acceptors (Lipinski definition) is 3. The van der Waals surface area contributed by atoms with E-state index in [1.165, 1.54) is 0 Å². The van der Waals surface area contributed by atoms with E-state index >= 15 is 0 Å². The van der Waals surface area contributed by atoms with Crippen LogP contribution in [0, 0.1) is 0 Å². The molecule has 94 valence electrons. The van der Waals surface area contributed by atoms with Crippen molar-refractivity contribution in [2.45, 2.75) is 20.3 Å². The second kappa shape index (κ2) is 6.97. The van der Waals surface area contributed by atoms with Gasteiger partial charge in [-0.3, -0.25) is 0 Å². The van der Waals surface area contributed by atoms with Crippen molar-refractivity contribution >= 4 is 0 Å². The summed E-state index contributed by atoms with van der Waals surface area (Å²) in [4.78, 5) is 0. The first-order valence-corrected chi connectivity index (χ1v) is 5.78. The van der Waals surface area contributed by atoms with E-state index in [0.29, 0.717) is 13.0 Å². The molecule has 0 amide bonds. The highest BCUT2D eigenvalue weighted by Gasteiger charge is 2.08. The van der Waals surface area contributed by atoms with Crippen molar-refractivity contribution in [3.63, 3.8) is 0 Å². The minimum Gasteiger partial charge on any atom is -0.496 e. The standard InChI is InChI=1S/C14H20O3/c1-4-17-14-7-5-6-13(16-3)12(14)9-8-11(2)10-15/h5-8,15H,4,9-10H2,1-3H3/b11-8+. The Balaban J connectivity index is 3.00. The molecule has 1 aromatic rings. The van der Waals surface area contributed by atoms with Crippen LogP contribution in [-0.4, -0.2) is 25.4 Å². The lowest BCUT2D eigenvalue weighted by Crippen LogP contribution is -1.99. The summed E-state index contributed by atoms with van der Waals surface area (Å²) in [5.41, 5.74) is 1.96. The third-order valence-corrected chi connectivity index (χ3v) is 2.51. The van der Waals surface area contributed by atoms with Gasteiger partial charge >= 0.3 is 0 Å². The molecule has 0 aliphatic rings. The normalized spacial score (nSPS) is 11.4. The lowest BCUT2D eigenvalue weighted by molar-refractivity contribution is 0.329. The minimum absolute atomic E-state index is 0.0825. The van der Waals surface area contributed by atoms with Gasteiger partial charge in [-0.25, -0.2) is 0 Å². The molecule has 3 nitrogen and oxygen atoms in total. The number of rotatable bonds is 6. The molecule has 0 bridgehead atoms. The third-order valence-electron chi connectivity index (χ3n) is 2.51. The quantitative estimate of drug-likeness (QED) is 0.771. The number of benzene rings is 1. The lowest BCUT2D eigenvalue weighted by atomic mass is 10.1. The van der Waals surface area contributed by atoms with Crippen molar-refractivity contribution < 1.29 is 14.6 Å². The molecular weight excluding hydrogens is 216 g/mol. The van der Waals surface area contributed by atoms with Gasteiger partial charge in [0.05, 0.1) is 20.3 Å². The van der Waals surface area contributed by atoms with Gasteiger partial charge < -0.3 is 14.6 Å². The van der Waals surface area contributed by atoms with Gasteiger partial charge in [-0.15, -0.1) is 0 Å². The van der Waals surface area contributed by atoms with Crippen LogP contribution in [-0.2, 0) is 6.42 Å². The highest BCUT2D eigenvalue weighted by Crippen LogP contribution is 2.29. The molecule has 0 saturated heterocycles. The number of aliphatic hydroxyl groups is 1. The van der Waals surface area contributed by atoms with Gasteiger partial charge in [0.15, 0.2) is 0 Å². The average Bonchev–Trinajstić information content (AvgIpc) is 2.36. The van der Waals surface area contributed by atoms with Crippen LogP contribution in [0.25, 0.3) is 0 Å². The highest BCUT2D eigenvalue weighted by molar-refractivity contribution is 5.46. The zero-order valence-electron chi connectivity index (χ0n) is 10.7. The van der Waals surface area contributed by atoms with Crippen LogP contribution in [0.5, 0.6) is 11.5 Å². The van der Waals surface area contributed by atoms with Crippen LogP contribution in [0.4, 0.5) is 0 Å². The van der Waals surface area contributed by atoms with E-state index in [1.54, 1.807) is 7.11 Å². The summed E-state index contributed by atoms with van der Waals surface area (Å²) in [7, 11) is 1.65. The highest BCUT2D eigenvalue weighted by atomic mass is 16.5. The van der Waals surface area contributed by atoms with Crippen LogP contribution in [0.15, 0.2) is 29.8 Å². The maximum atomic E-state index is 8.98. The Morgan fingerprint density at radius 3 is 2.65 bits per heavy atom. The molecule has 0 fully saturated rings. The van der Waals surface area contributed by atoms with E-state index < -0.39 is 0 Å². The summed E-state index contributed by atoms with van der Waals surface area (Å²) < 4.78 is 10.9. The maximum Gasteiger partial charge on any atom is 0.126 e. The molecule has 0 heterocycles. The van der Waals surface area contributed by atoms with Crippen LogP contribution in [0.1, 0.15) is 19.4 Å². The monoisotopic (exact) mass is 236 g/mol. The molecule has 0 unspecified atom stereocenters. The molecule has 0 atom stereocenters. The van der Waals surface area contributed by atoms with Crippen molar-refractivity contribution in [2.24, 2.45) is 0 Å². The summed E-state index contributed by atoms with van der Waals surface area (Å²) in [5.74, 6) is 1.66. The Hall–Kier alpha value is -1.48. The molecule has 0 aliphatic heterocycles. The van der Waals surface area contributed by atoms with Gasteiger partial charge in [0.1, 0.15) is 11.5 Å². The summed E-state index contributed by atoms with van der Waals surface area (Å²) in [6, 6.07) is 5.76. The molecule has 0 spiro atoms. The van der Waals surface area contributed by atoms with E-state index in [1.807, 2.05) is 38.1 Å². The zero-order valence-corrected chi connectivity index (χ0v) is 10.7. The van der Waals surface area contributed by atoms with Crippen molar-refractivity contribution in [1.82, 2.24) is 0 Å². The zero-order chi connectivity index (χ0) is 12.7. The molecule has 0 aliphatic carbocycles. The molecular formula is C14H20O3. The van der Waals surface area contributed by atoms with E-state index in [0.717, 1.165) is 22.6 Å². The summed E-state index contributed by atoms with van der Waals surface area (Å²) in [5, 5.41) is 8.98. The largest absolute Gasteiger partial charge is 0.496 e. The summed E-state index contributed by atoms with van der Waals surface area (Å²) in [6.07, 6.45) is 2.69. The Morgan fingerprint density at radius 1 is 1.35 bits per heavy atom. The first-order chi connectivity index (χ1) is 8.22. The lowest BCUT2D eigenvalue weighted by Gasteiger charge is -2.13. The number of aliphatic hydroxyl groups excluding tert-OH is 1. The average molecular weight is 236 g/mol. The minimum atomic E-state index is 0.0825. The SMILES string of the molecule is CCOc1cccc(OC)c1C/C=C(\C)CO. The fraction of sp³-hybridized carbons (Fsp3) is 0.429. The molecule has 0 saturated carbocycles. The molecule has 0 radical (unpaired) electrons. The van der Waals surface area contributed by atoms with E-state index in [9.17, 15) is 0 Å². The topological polar surface area (TPSA) is 38.7 Å². The Labute approximate surface area is 103 Å². The predicted molar refractivity (Wildman–Crippen MR) is 68.7 cm³/mol.